The lowest BCUT2D eigenvalue weighted by molar-refractivity contribution is 0.0981. The van der Waals surface area contributed by atoms with Gasteiger partial charge in [0.2, 0.25) is 10.0 Å². The van der Waals surface area contributed by atoms with Crippen LogP contribution < -0.4 is 4.72 Å². The van der Waals surface area contributed by atoms with Crippen molar-refractivity contribution in [2.75, 3.05) is 6.26 Å². The van der Waals surface area contributed by atoms with Gasteiger partial charge in [-0.1, -0.05) is 76.5 Å². The molecule has 1 aromatic rings. The first-order chi connectivity index (χ1) is 10.8. The van der Waals surface area contributed by atoms with E-state index in [-0.39, 0.29) is 0 Å². The van der Waals surface area contributed by atoms with Crippen molar-refractivity contribution >= 4 is 15.9 Å². The summed E-state index contributed by atoms with van der Waals surface area (Å²) >= 11 is 0. The molecule has 0 heterocycles. The number of sulfonamides is 1. The number of benzene rings is 1. The molecule has 1 aromatic carbocycles. The molecule has 4 nitrogen and oxygen atoms in total. The van der Waals surface area contributed by atoms with Gasteiger partial charge in [-0.15, -0.1) is 0 Å². The van der Waals surface area contributed by atoms with Crippen molar-refractivity contribution < 1.29 is 13.2 Å². The van der Waals surface area contributed by atoms with Crippen LogP contribution in [0.3, 0.4) is 0 Å². The number of carbonyl (C=O) groups is 1. The number of hydrogen-bond donors (Lipinski definition) is 1. The maximum absolute atomic E-state index is 11.3. The van der Waals surface area contributed by atoms with E-state index in [0.717, 1.165) is 11.8 Å². The fourth-order valence-corrected chi connectivity index (χ4v) is 2.42. The van der Waals surface area contributed by atoms with Gasteiger partial charge in [0, 0.05) is 5.56 Å². The molecule has 0 fully saturated rings. The largest absolute Gasteiger partial charge is 0.268 e. The van der Waals surface area contributed by atoms with Crippen LogP contribution in [0.2, 0.25) is 0 Å². The minimum Gasteiger partial charge on any atom is -0.268 e. The second-order valence-electron chi connectivity index (χ2n) is 5.84. The normalized spacial score (nSPS) is 10.6. The summed E-state index contributed by atoms with van der Waals surface area (Å²) in [4.78, 5) is 11.3. The van der Waals surface area contributed by atoms with Gasteiger partial charge in [0.25, 0.3) is 5.91 Å². The van der Waals surface area contributed by atoms with Gasteiger partial charge >= 0.3 is 0 Å². The van der Waals surface area contributed by atoms with Crippen molar-refractivity contribution in [1.29, 1.82) is 0 Å². The molecule has 1 N–H and O–H groups in total. The molecule has 132 valence electrons. The van der Waals surface area contributed by atoms with Crippen LogP contribution in [0.5, 0.6) is 0 Å². The lowest BCUT2D eigenvalue weighted by Crippen LogP contribution is -2.29. The summed E-state index contributed by atoms with van der Waals surface area (Å²) in [6.07, 6.45) is 10.9. The zero-order valence-corrected chi connectivity index (χ0v) is 15.7. The molecule has 0 spiro atoms. The highest BCUT2D eigenvalue weighted by molar-refractivity contribution is 7.89. The highest BCUT2D eigenvalue weighted by Gasteiger charge is 2.09. The Kier molecular flexibility index (Phi) is 11.4. The molecule has 0 aliphatic rings. The third-order valence-electron chi connectivity index (χ3n) is 3.30. The van der Waals surface area contributed by atoms with Gasteiger partial charge in [0.1, 0.15) is 0 Å². The third-order valence-corrected chi connectivity index (χ3v) is 3.86. The van der Waals surface area contributed by atoms with E-state index in [1.807, 2.05) is 11.6 Å². The molecule has 0 aromatic heterocycles. The minimum absolute atomic E-state index is 0.334. The van der Waals surface area contributed by atoms with E-state index < -0.39 is 15.9 Å². The molecule has 23 heavy (non-hydrogen) atoms. The average molecular weight is 342 g/mol. The number of hydrogen-bond acceptors (Lipinski definition) is 3. The minimum atomic E-state index is -3.48. The summed E-state index contributed by atoms with van der Waals surface area (Å²) < 4.78 is 23.4. The maximum Gasteiger partial charge on any atom is 0.264 e. The summed E-state index contributed by atoms with van der Waals surface area (Å²) in [5.74, 6) is -0.604. The molecule has 5 heteroatoms. The van der Waals surface area contributed by atoms with Gasteiger partial charge in [-0.05, 0) is 19.1 Å². The van der Waals surface area contributed by atoms with Crippen LogP contribution in [0.25, 0.3) is 0 Å². The van der Waals surface area contributed by atoms with Crippen molar-refractivity contribution in [3.05, 3.63) is 35.4 Å². The standard InChI is InChI=1S/C9H11NO3S.C9H20/c1-7-3-5-8(6-4-7)9(11)10-14(2,12)13;1-3-5-7-9-8-6-4-2/h3-6H,1-2H3,(H,10,11);3-9H2,1-2H3. The van der Waals surface area contributed by atoms with Crippen LogP contribution in [0.15, 0.2) is 24.3 Å². The van der Waals surface area contributed by atoms with E-state index in [9.17, 15) is 13.2 Å². The SMILES string of the molecule is CCCCCCCCC.Cc1ccc(C(=O)NS(C)(=O)=O)cc1. The number of rotatable bonds is 8. The lowest BCUT2D eigenvalue weighted by atomic mass is 10.1. The van der Waals surface area contributed by atoms with Crippen molar-refractivity contribution in [2.45, 2.75) is 65.7 Å². The van der Waals surface area contributed by atoms with Crippen molar-refractivity contribution in [1.82, 2.24) is 4.72 Å². The van der Waals surface area contributed by atoms with Crippen molar-refractivity contribution in [3.8, 4) is 0 Å². The highest BCUT2D eigenvalue weighted by Crippen LogP contribution is 2.05. The lowest BCUT2D eigenvalue weighted by Gasteiger charge is -2.02. The summed E-state index contributed by atoms with van der Waals surface area (Å²) in [5, 5.41) is 0. The Morgan fingerprint density at radius 1 is 0.913 bits per heavy atom. The number of unbranched alkanes of at least 4 members (excludes halogenated alkanes) is 6. The molecule has 0 atom stereocenters. The quantitative estimate of drug-likeness (QED) is 0.711. The number of carbonyl (C=O) groups excluding carboxylic acids is 1. The van der Waals surface area contributed by atoms with E-state index in [4.69, 9.17) is 0 Å². The molecule has 0 saturated carbocycles. The Bertz CT molecular complexity index is 530. The summed E-state index contributed by atoms with van der Waals surface area (Å²) in [6, 6.07) is 6.65. The first-order valence-electron chi connectivity index (χ1n) is 8.39. The second-order valence-corrected chi connectivity index (χ2v) is 7.59. The molecule has 1 rings (SSSR count). The average Bonchev–Trinajstić information content (AvgIpc) is 2.47. The maximum atomic E-state index is 11.3. The number of amides is 1. The smallest absolute Gasteiger partial charge is 0.264 e. The first kappa shape index (κ1) is 21.6. The Labute approximate surface area is 141 Å². The fraction of sp³-hybridized carbons (Fsp3) is 0.611. The fourth-order valence-electron chi connectivity index (χ4n) is 1.96. The van der Waals surface area contributed by atoms with Crippen molar-refractivity contribution in [3.63, 3.8) is 0 Å². The van der Waals surface area contributed by atoms with Gasteiger partial charge in [-0.25, -0.2) is 13.1 Å². The van der Waals surface area contributed by atoms with E-state index in [2.05, 4.69) is 13.8 Å². The van der Waals surface area contributed by atoms with Crippen LogP contribution in [0, 0.1) is 6.92 Å². The van der Waals surface area contributed by atoms with E-state index >= 15 is 0 Å². The van der Waals surface area contributed by atoms with Crippen LogP contribution in [-0.4, -0.2) is 20.6 Å². The summed E-state index contributed by atoms with van der Waals surface area (Å²) in [6.45, 7) is 6.41. The van der Waals surface area contributed by atoms with Crippen LogP contribution in [0.1, 0.15) is 74.7 Å². The van der Waals surface area contributed by atoms with E-state index in [0.29, 0.717) is 5.56 Å². The zero-order valence-electron chi connectivity index (χ0n) is 14.9. The van der Waals surface area contributed by atoms with E-state index in [1.54, 1.807) is 24.3 Å². The predicted octanol–water partition coefficient (Wildman–Crippen LogP) is 4.44. The predicted molar refractivity (Wildman–Crippen MR) is 97.2 cm³/mol. The summed E-state index contributed by atoms with van der Waals surface area (Å²) in [7, 11) is -3.48. The molecule has 0 radical (unpaired) electrons. The topological polar surface area (TPSA) is 63.2 Å². The number of aryl methyl sites for hydroxylation is 1. The molecule has 1 amide bonds. The van der Waals surface area contributed by atoms with Gasteiger partial charge in [0.15, 0.2) is 0 Å². The van der Waals surface area contributed by atoms with Crippen molar-refractivity contribution in [2.24, 2.45) is 0 Å². The Hall–Kier alpha value is -1.36. The Balaban J connectivity index is 0.000000468. The molecule has 0 unspecified atom stereocenters. The molecular weight excluding hydrogens is 310 g/mol. The molecular formula is C18H31NO3S. The Morgan fingerprint density at radius 3 is 1.74 bits per heavy atom. The zero-order chi connectivity index (χ0) is 17.7. The van der Waals surface area contributed by atoms with Gasteiger partial charge < -0.3 is 0 Å². The molecule has 0 aliphatic carbocycles. The van der Waals surface area contributed by atoms with E-state index in [1.165, 1.54) is 44.9 Å². The van der Waals surface area contributed by atoms with Gasteiger partial charge in [0.05, 0.1) is 6.26 Å². The summed E-state index contributed by atoms with van der Waals surface area (Å²) in [5.41, 5.74) is 1.35. The first-order valence-corrected chi connectivity index (χ1v) is 10.3. The molecule has 0 bridgehead atoms. The molecule has 0 saturated heterocycles. The van der Waals surface area contributed by atoms with Gasteiger partial charge in [-0.2, -0.15) is 0 Å². The third kappa shape index (κ3) is 12.8. The molecule has 0 aliphatic heterocycles. The van der Waals surface area contributed by atoms with Crippen LogP contribution in [-0.2, 0) is 10.0 Å². The number of nitrogens with one attached hydrogen (secondary N) is 1. The monoisotopic (exact) mass is 341 g/mol. The van der Waals surface area contributed by atoms with Crippen LogP contribution in [0.4, 0.5) is 0 Å². The van der Waals surface area contributed by atoms with Crippen LogP contribution >= 0.6 is 0 Å². The van der Waals surface area contributed by atoms with Gasteiger partial charge in [-0.3, -0.25) is 4.79 Å². The highest BCUT2D eigenvalue weighted by atomic mass is 32.2. The Morgan fingerprint density at radius 2 is 1.35 bits per heavy atom. The second kappa shape index (κ2) is 12.1.